The average Bonchev–Trinajstić information content (AvgIpc) is 3.13. The molecule has 41 heavy (non-hydrogen) atoms. The van der Waals surface area contributed by atoms with Gasteiger partial charge in [-0.2, -0.15) is 9.48 Å². The third-order valence-electron chi connectivity index (χ3n) is 6.33. The number of halogens is 2. The number of fused-ring (bicyclic) bond motifs is 1. The number of benzene rings is 2. The summed E-state index contributed by atoms with van der Waals surface area (Å²) in [5.74, 6) is -1.80. The smallest absolute Gasteiger partial charge is 0.459 e. The molecule has 0 saturated carbocycles. The zero-order valence-corrected chi connectivity index (χ0v) is 24.2. The van der Waals surface area contributed by atoms with Crippen LogP contribution in [0.15, 0.2) is 58.3 Å². The van der Waals surface area contributed by atoms with Gasteiger partial charge in [0.25, 0.3) is 5.56 Å². The number of nitrogens with one attached hydrogen (secondary N) is 2. The second-order valence-corrected chi connectivity index (χ2v) is 12.5. The Morgan fingerprint density at radius 2 is 1.93 bits per heavy atom. The minimum Gasteiger partial charge on any atom is -0.462 e. The first-order valence-corrected chi connectivity index (χ1v) is 14.6. The number of H-pyrrole nitrogens is 1. The van der Waals surface area contributed by atoms with E-state index < -0.39 is 72.8 Å². The lowest BCUT2D eigenvalue weighted by Gasteiger charge is -2.26. The lowest BCUT2D eigenvalue weighted by atomic mass is 10.0. The number of esters is 1. The van der Waals surface area contributed by atoms with Gasteiger partial charge in [-0.15, -0.1) is 11.6 Å². The summed E-state index contributed by atoms with van der Waals surface area (Å²) in [5, 5.41) is 14.9. The molecule has 1 fully saturated rings. The van der Waals surface area contributed by atoms with Crippen molar-refractivity contribution in [2.45, 2.75) is 63.2 Å². The van der Waals surface area contributed by atoms with Crippen LogP contribution in [0.5, 0.6) is 5.75 Å². The lowest BCUT2D eigenvalue weighted by Crippen LogP contribution is -2.43. The zero-order valence-electron chi connectivity index (χ0n) is 22.6. The third-order valence-corrected chi connectivity index (χ3v) is 8.37. The number of nitrogens with zero attached hydrogens (tertiary/aromatic N) is 1. The molecular weight excluding hydrogens is 584 g/mol. The van der Waals surface area contributed by atoms with Crippen molar-refractivity contribution in [3.8, 4) is 5.75 Å². The maximum Gasteiger partial charge on any atom is 0.459 e. The number of hydrogen-bond acceptors (Lipinski definition) is 9. The number of carbonyl (C=O) groups excluding carboxylic acids is 1. The molecule has 2 heterocycles. The van der Waals surface area contributed by atoms with E-state index in [1.165, 1.54) is 13.8 Å². The molecule has 0 aliphatic carbocycles. The van der Waals surface area contributed by atoms with Crippen molar-refractivity contribution >= 4 is 36.1 Å². The van der Waals surface area contributed by atoms with Gasteiger partial charge in [-0.05, 0) is 39.1 Å². The molecule has 1 aliphatic heterocycles. The Morgan fingerprint density at radius 3 is 2.63 bits per heavy atom. The molecule has 12 nitrogen and oxygen atoms in total. The van der Waals surface area contributed by atoms with Crippen LogP contribution in [0.25, 0.3) is 10.8 Å². The second kappa shape index (κ2) is 12.0. The summed E-state index contributed by atoms with van der Waals surface area (Å²) >= 11 is 6.52. The normalized spacial score (nSPS) is 24.7. The van der Waals surface area contributed by atoms with Gasteiger partial charge in [-0.25, -0.2) is 9.36 Å². The number of alkyl halides is 1. The highest BCUT2D eigenvalue weighted by Gasteiger charge is 2.54. The first-order valence-electron chi connectivity index (χ1n) is 12.7. The number of hydrogen-bond donors (Lipinski definition) is 3. The quantitative estimate of drug-likeness (QED) is 0.176. The van der Waals surface area contributed by atoms with Crippen molar-refractivity contribution in [3.63, 3.8) is 0 Å². The summed E-state index contributed by atoms with van der Waals surface area (Å²) in [5.41, 5.74) is -2.25. The van der Waals surface area contributed by atoms with Gasteiger partial charge >= 0.3 is 19.4 Å². The molecule has 222 valence electrons. The van der Waals surface area contributed by atoms with Crippen LogP contribution in [0.3, 0.4) is 0 Å². The topological polar surface area (TPSA) is 158 Å². The first kappa shape index (κ1) is 30.9. The summed E-state index contributed by atoms with van der Waals surface area (Å²) in [7, 11) is -4.40. The summed E-state index contributed by atoms with van der Waals surface area (Å²) in [6.07, 6.45) is -4.09. The SMILES string of the molecule is CC(C)OC(=O)[C@@H](C)NP(=O)(OC[C@H]1O[C@@H](n2cc(F)c(=O)[nH]c2=O)[C@](C)(Cl)[C@@H]1O)Oc1cccc2ccccc12. The molecule has 3 N–H and O–H groups in total. The van der Waals surface area contributed by atoms with E-state index in [9.17, 15) is 28.4 Å². The van der Waals surface area contributed by atoms with Crippen molar-refractivity contribution in [2.24, 2.45) is 0 Å². The zero-order chi connectivity index (χ0) is 30.1. The Labute approximate surface area is 238 Å². The molecule has 3 aromatic rings. The van der Waals surface area contributed by atoms with E-state index in [1.807, 2.05) is 18.2 Å². The number of ether oxygens (including phenoxy) is 2. The average molecular weight is 614 g/mol. The van der Waals surface area contributed by atoms with Gasteiger partial charge in [0.1, 0.15) is 28.9 Å². The van der Waals surface area contributed by atoms with E-state index in [0.29, 0.717) is 16.2 Å². The standard InChI is InChI=1S/C26H30ClFN3O9P/c1-14(2)38-23(34)15(3)30-41(36,40-19-11-7-9-16-8-5-6-10-17(16)19)37-13-20-21(32)26(4,27)24(39-20)31-12-18(28)22(33)29-25(31)35/h5-12,14-15,20-21,24,32H,13H2,1-4H3,(H,30,36)(H,29,33,35)/t15-,20-,21-,24-,26-,41?/m1/s1. The van der Waals surface area contributed by atoms with Crippen molar-refractivity contribution in [1.82, 2.24) is 14.6 Å². The number of aliphatic hydroxyl groups excluding tert-OH is 1. The number of carbonyl (C=O) groups is 1. The Balaban J connectivity index is 1.61. The van der Waals surface area contributed by atoms with Crippen molar-refractivity contribution in [3.05, 3.63) is 75.3 Å². The molecule has 4 rings (SSSR count). The van der Waals surface area contributed by atoms with Crippen molar-refractivity contribution in [2.75, 3.05) is 6.61 Å². The van der Waals surface area contributed by atoms with E-state index in [2.05, 4.69) is 5.09 Å². The van der Waals surface area contributed by atoms with Crippen LogP contribution in [0.2, 0.25) is 0 Å². The largest absolute Gasteiger partial charge is 0.462 e. The molecule has 0 amide bonds. The van der Waals surface area contributed by atoms with Crippen LogP contribution in [0, 0.1) is 5.82 Å². The second-order valence-electron chi connectivity index (χ2n) is 9.96. The minimum absolute atomic E-state index is 0.187. The lowest BCUT2D eigenvalue weighted by molar-refractivity contribution is -0.149. The number of aromatic nitrogens is 2. The number of rotatable bonds is 10. The molecule has 0 radical (unpaired) electrons. The highest BCUT2D eigenvalue weighted by molar-refractivity contribution is 7.52. The van der Waals surface area contributed by atoms with Crippen LogP contribution in [0.1, 0.15) is 33.9 Å². The van der Waals surface area contributed by atoms with Gasteiger partial charge < -0.3 is 19.1 Å². The highest BCUT2D eigenvalue weighted by Crippen LogP contribution is 2.49. The third kappa shape index (κ3) is 6.72. The molecule has 1 saturated heterocycles. The summed E-state index contributed by atoms with van der Waals surface area (Å²) in [6.45, 7) is 5.48. The fourth-order valence-corrected chi connectivity index (χ4v) is 6.09. The molecule has 2 aromatic carbocycles. The van der Waals surface area contributed by atoms with Crippen LogP contribution < -0.4 is 20.9 Å². The minimum atomic E-state index is -4.40. The molecule has 0 bridgehead atoms. The fourth-order valence-electron chi connectivity index (χ4n) is 4.28. The van der Waals surface area contributed by atoms with Gasteiger partial charge in [-0.3, -0.25) is 23.7 Å². The molecule has 0 spiro atoms. The van der Waals surface area contributed by atoms with E-state index in [4.69, 9.17) is 30.1 Å². The Hall–Kier alpha value is -3.06. The predicted octanol–water partition coefficient (Wildman–Crippen LogP) is 3.22. The Morgan fingerprint density at radius 1 is 1.24 bits per heavy atom. The van der Waals surface area contributed by atoms with Gasteiger partial charge in [0.15, 0.2) is 6.23 Å². The Kier molecular flexibility index (Phi) is 9.07. The van der Waals surface area contributed by atoms with Crippen LogP contribution >= 0.6 is 19.3 Å². The van der Waals surface area contributed by atoms with Gasteiger partial charge in [-0.1, -0.05) is 36.4 Å². The van der Waals surface area contributed by atoms with Gasteiger partial charge in [0.05, 0.1) is 18.9 Å². The Bertz CT molecular complexity index is 1590. The molecule has 15 heteroatoms. The van der Waals surface area contributed by atoms with Crippen molar-refractivity contribution in [1.29, 1.82) is 0 Å². The maximum absolute atomic E-state index is 14.1. The summed E-state index contributed by atoms with van der Waals surface area (Å²) in [4.78, 5) is 36.4. The van der Waals surface area contributed by atoms with E-state index in [1.54, 1.807) is 43.1 Å². The molecular formula is C26H30ClFN3O9P. The molecule has 1 aliphatic rings. The maximum atomic E-state index is 14.1. The van der Waals surface area contributed by atoms with E-state index in [0.717, 1.165) is 5.39 Å². The van der Waals surface area contributed by atoms with E-state index in [-0.39, 0.29) is 5.75 Å². The summed E-state index contributed by atoms with van der Waals surface area (Å²) in [6, 6.07) is 11.1. The number of aromatic amines is 1. The fraction of sp³-hybridized carbons (Fsp3) is 0.423. The van der Waals surface area contributed by atoms with Crippen LogP contribution in [0.4, 0.5) is 4.39 Å². The van der Waals surface area contributed by atoms with E-state index >= 15 is 0 Å². The van der Waals surface area contributed by atoms with Crippen molar-refractivity contribution < 1.29 is 37.4 Å². The van der Waals surface area contributed by atoms with Crippen LogP contribution in [-0.4, -0.2) is 56.5 Å². The van der Waals surface area contributed by atoms with Gasteiger partial charge in [0.2, 0.25) is 5.82 Å². The van der Waals surface area contributed by atoms with Gasteiger partial charge in [0, 0.05) is 5.39 Å². The predicted molar refractivity (Wildman–Crippen MR) is 147 cm³/mol. The molecule has 1 unspecified atom stereocenters. The monoisotopic (exact) mass is 613 g/mol. The highest BCUT2D eigenvalue weighted by atomic mass is 35.5. The molecule has 6 atom stereocenters. The number of aliphatic hydroxyl groups is 1. The van der Waals surface area contributed by atoms with Crippen LogP contribution in [-0.2, 0) is 23.4 Å². The summed E-state index contributed by atoms with van der Waals surface area (Å²) < 4.78 is 51.2. The molecule has 1 aromatic heterocycles. The first-order chi connectivity index (χ1) is 19.2.